The molecule has 0 aliphatic rings. The van der Waals surface area contributed by atoms with Gasteiger partial charge in [0.25, 0.3) is 0 Å². The molecule has 0 aliphatic heterocycles. The molecule has 0 radical (unpaired) electrons. The van der Waals surface area contributed by atoms with Crippen molar-refractivity contribution in [1.82, 2.24) is 0 Å². The highest BCUT2D eigenvalue weighted by Crippen LogP contribution is 2.18. The summed E-state index contributed by atoms with van der Waals surface area (Å²) in [7, 11) is 0. The second kappa shape index (κ2) is 11.8. The lowest BCUT2D eigenvalue weighted by molar-refractivity contribution is -0.263. The van der Waals surface area contributed by atoms with Gasteiger partial charge in [-0.05, 0) is 20.3 Å². The zero-order chi connectivity index (χ0) is 21.1. The van der Waals surface area contributed by atoms with Gasteiger partial charge < -0.3 is 15.3 Å². The van der Waals surface area contributed by atoms with Crippen molar-refractivity contribution in [1.29, 1.82) is 0 Å². The summed E-state index contributed by atoms with van der Waals surface area (Å²) in [5.74, 6) is -5.98. The van der Waals surface area contributed by atoms with Gasteiger partial charge in [0.2, 0.25) is 0 Å². The molecule has 0 fully saturated rings. The molecule has 0 aromatic rings. The van der Waals surface area contributed by atoms with Crippen LogP contribution in [-0.2, 0) is 38.7 Å². The Hall–Kier alpha value is -2.76. The zero-order valence-corrected chi connectivity index (χ0v) is 14.9. The first-order valence-electron chi connectivity index (χ1n) is 7.63. The van der Waals surface area contributed by atoms with Crippen molar-refractivity contribution >= 4 is 23.9 Å². The zero-order valence-electron chi connectivity index (χ0n) is 14.9. The van der Waals surface area contributed by atoms with Crippen LogP contribution in [0.4, 0.5) is 0 Å². The minimum absolute atomic E-state index is 0.0231. The molecule has 0 rings (SSSR count). The van der Waals surface area contributed by atoms with Crippen molar-refractivity contribution in [2.75, 3.05) is 6.61 Å². The molecule has 0 saturated carbocycles. The number of rotatable bonds is 9. The van der Waals surface area contributed by atoms with Crippen LogP contribution in [-0.4, -0.2) is 58.0 Å². The Kier molecular flexibility index (Phi) is 10.6. The molecule has 0 spiro atoms. The Balaban J connectivity index is 4.85. The van der Waals surface area contributed by atoms with Crippen molar-refractivity contribution < 1.29 is 54.0 Å². The number of carbonyl (C=O) groups excluding carboxylic acids is 4. The molecular formula is C16H22O11. The standard InChI is InChI=1S/C16H22O11/c1-8(2)14(21)25-24-12(19)6-5-10(13(20)11(18)7-17)16(23)27-26-15(22)9(3)4/h10-11,13,17-18,20H,1,3,5-7H2,2,4H3. The number of aliphatic hydroxyl groups excluding tert-OH is 3. The van der Waals surface area contributed by atoms with Gasteiger partial charge in [-0.25, -0.2) is 38.7 Å². The topological polar surface area (TPSA) is 166 Å². The van der Waals surface area contributed by atoms with Gasteiger partial charge in [0.1, 0.15) is 6.10 Å². The van der Waals surface area contributed by atoms with Crippen LogP contribution in [0.25, 0.3) is 0 Å². The molecule has 3 atom stereocenters. The Labute approximate surface area is 154 Å². The highest BCUT2D eigenvalue weighted by atomic mass is 17.2. The Morgan fingerprint density at radius 3 is 1.81 bits per heavy atom. The quantitative estimate of drug-likeness (QED) is 0.257. The van der Waals surface area contributed by atoms with Crippen molar-refractivity contribution in [3.05, 3.63) is 24.3 Å². The maximum atomic E-state index is 12.0. The summed E-state index contributed by atoms with van der Waals surface area (Å²) >= 11 is 0. The van der Waals surface area contributed by atoms with Gasteiger partial charge in [-0.2, -0.15) is 0 Å². The van der Waals surface area contributed by atoms with Gasteiger partial charge in [-0.15, -0.1) is 0 Å². The molecule has 0 saturated heterocycles. The summed E-state index contributed by atoms with van der Waals surface area (Å²) in [5.41, 5.74) is -0.0942. The first-order valence-corrected chi connectivity index (χ1v) is 7.63. The summed E-state index contributed by atoms with van der Waals surface area (Å²) in [6.07, 6.45) is -4.59. The summed E-state index contributed by atoms with van der Waals surface area (Å²) in [5, 5.41) is 28.3. The summed E-state index contributed by atoms with van der Waals surface area (Å²) in [6.45, 7) is 8.25. The maximum absolute atomic E-state index is 12.0. The van der Waals surface area contributed by atoms with Crippen molar-refractivity contribution in [3.8, 4) is 0 Å². The molecule has 0 amide bonds. The molecule has 0 aromatic carbocycles. The van der Waals surface area contributed by atoms with E-state index in [9.17, 15) is 29.4 Å². The van der Waals surface area contributed by atoms with Gasteiger partial charge in [-0.1, -0.05) is 13.2 Å². The third kappa shape index (κ3) is 8.94. The monoisotopic (exact) mass is 390 g/mol. The highest BCUT2D eigenvalue weighted by Gasteiger charge is 2.35. The average molecular weight is 390 g/mol. The van der Waals surface area contributed by atoms with Crippen LogP contribution in [0.15, 0.2) is 24.3 Å². The molecule has 11 heteroatoms. The SMILES string of the molecule is C=C(C)C(=O)OOC(=O)CCC(C(=O)OOC(=O)C(=C)C)C(O)C(O)CO. The molecule has 0 heterocycles. The fourth-order valence-corrected chi connectivity index (χ4v) is 1.49. The van der Waals surface area contributed by atoms with E-state index in [1.54, 1.807) is 0 Å². The normalized spacial score (nSPS) is 13.5. The van der Waals surface area contributed by atoms with E-state index in [2.05, 4.69) is 32.7 Å². The lowest BCUT2D eigenvalue weighted by Crippen LogP contribution is -2.41. The molecule has 0 bridgehead atoms. The van der Waals surface area contributed by atoms with E-state index in [0.29, 0.717) is 0 Å². The van der Waals surface area contributed by atoms with E-state index in [1.807, 2.05) is 0 Å². The van der Waals surface area contributed by atoms with Crippen molar-refractivity contribution in [3.63, 3.8) is 0 Å². The van der Waals surface area contributed by atoms with E-state index >= 15 is 0 Å². The van der Waals surface area contributed by atoms with E-state index in [-0.39, 0.29) is 11.1 Å². The van der Waals surface area contributed by atoms with Gasteiger partial charge >= 0.3 is 23.9 Å². The van der Waals surface area contributed by atoms with Crippen LogP contribution in [0.5, 0.6) is 0 Å². The highest BCUT2D eigenvalue weighted by molar-refractivity contribution is 5.87. The van der Waals surface area contributed by atoms with Crippen LogP contribution in [0, 0.1) is 5.92 Å². The molecule has 27 heavy (non-hydrogen) atoms. The molecule has 3 unspecified atom stereocenters. The van der Waals surface area contributed by atoms with Crippen LogP contribution in [0.1, 0.15) is 26.7 Å². The van der Waals surface area contributed by atoms with E-state index in [0.717, 1.165) is 0 Å². The number of aliphatic hydroxyl groups is 3. The molecule has 0 aromatic heterocycles. The molecule has 0 aliphatic carbocycles. The third-order valence-corrected chi connectivity index (χ3v) is 3.06. The Bertz CT molecular complexity index is 595. The van der Waals surface area contributed by atoms with Crippen LogP contribution in [0.3, 0.4) is 0 Å². The molecule has 152 valence electrons. The van der Waals surface area contributed by atoms with Crippen LogP contribution < -0.4 is 0 Å². The van der Waals surface area contributed by atoms with Gasteiger partial charge in [0, 0.05) is 11.1 Å². The fourth-order valence-electron chi connectivity index (χ4n) is 1.49. The third-order valence-electron chi connectivity index (χ3n) is 3.06. The Morgan fingerprint density at radius 1 is 0.889 bits per heavy atom. The van der Waals surface area contributed by atoms with Gasteiger partial charge in [0.05, 0.1) is 25.0 Å². The first kappa shape index (κ1) is 24.2. The van der Waals surface area contributed by atoms with Gasteiger partial charge in [-0.3, -0.25) is 0 Å². The summed E-state index contributed by atoms with van der Waals surface area (Å²) in [4.78, 5) is 62.6. The lowest BCUT2D eigenvalue weighted by Gasteiger charge is -2.23. The van der Waals surface area contributed by atoms with E-state index < -0.39 is 61.5 Å². The molecule has 11 nitrogen and oxygen atoms in total. The summed E-state index contributed by atoms with van der Waals surface area (Å²) < 4.78 is 0. The predicted molar refractivity (Wildman–Crippen MR) is 85.8 cm³/mol. The Morgan fingerprint density at radius 2 is 1.37 bits per heavy atom. The predicted octanol–water partition coefficient (Wildman–Crippen LogP) is -0.748. The van der Waals surface area contributed by atoms with Crippen LogP contribution >= 0.6 is 0 Å². The molecular weight excluding hydrogens is 368 g/mol. The number of hydrogen-bond acceptors (Lipinski definition) is 11. The maximum Gasteiger partial charge on any atom is 0.381 e. The smallest absolute Gasteiger partial charge is 0.381 e. The van der Waals surface area contributed by atoms with Crippen molar-refractivity contribution in [2.45, 2.75) is 38.9 Å². The van der Waals surface area contributed by atoms with E-state index in [4.69, 9.17) is 5.11 Å². The number of carbonyl (C=O) groups is 4. The van der Waals surface area contributed by atoms with E-state index in [1.165, 1.54) is 13.8 Å². The summed E-state index contributed by atoms with van der Waals surface area (Å²) in [6, 6.07) is 0. The second-order valence-corrected chi connectivity index (χ2v) is 5.55. The largest absolute Gasteiger partial charge is 0.394 e. The fraction of sp³-hybridized carbons (Fsp3) is 0.500. The number of hydrogen-bond donors (Lipinski definition) is 3. The minimum Gasteiger partial charge on any atom is -0.394 e. The van der Waals surface area contributed by atoms with Crippen molar-refractivity contribution in [2.24, 2.45) is 5.92 Å². The first-order chi connectivity index (χ1) is 12.5. The second-order valence-electron chi connectivity index (χ2n) is 5.55. The average Bonchev–Trinajstić information content (AvgIpc) is 2.62. The minimum atomic E-state index is -1.85. The van der Waals surface area contributed by atoms with Crippen LogP contribution in [0.2, 0.25) is 0 Å². The molecule has 3 N–H and O–H groups in total. The van der Waals surface area contributed by atoms with Gasteiger partial charge in [0.15, 0.2) is 0 Å². The lowest BCUT2D eigenvalue weighted by atomic mass is 9.93.